The van der Waals surface area contributed by atoms with Crippen LogP contribution in [0, 0.1) is 16.0 Å². The SMILES string of the molecule is CB(O)N1CCC(CCn2ccnc2-c2cn(-c3ccc([N+](=O)[O-])cc3)c3ccccc23)CC1. The third-order valence-electron chi connectivity index (χ3n) is 6.96. The summed E-state index contributed by atoms with van der Waals surface area (Å²) in [6, 6.07) is 14.8. The van der Waals surface area contributed by atoms with Gasteiger partial charge in [0.15, 0.2) is 0 Å². The molecule has 174 valence electrons. The minimum atomic E-state index is -0.381. The van der Waals surface area contributed by atoms with Gasteiger partial charge >= 0.3 is 7.05 Å². The normalized spacial score (nSPS) is 15.1. The lowest BCUT2D eigenvalue weighted by atomic mass is 9.80. The van der Waals surface area contributed by atoms with Crippen LogP contribution >= 0.6 is 0 Å². The fourth-order valence-corrected chi connectivity index (χ4v) is 4.98. The number of rotatable bonds is 7. The van der Waals surface area contributed by atoms with E-state index in [-0.39, 0.29) is 17.7 Å². The molecule has 1 aliphatic heterocycles. The Kier molecular flexibility index (Phi) is 6.21. The van der Waals surface area contributed by atoms with Crippen molar-refractivity contribution in [2.45, 2.75) is 32.6 Å². The number of nitro groups is 1. The highest BCUT2D eigenvalue weighted by Crippen LogP contribution is 2.33. The zero-order chi connectivity index (χ0) is 23.7. The van der Waals surface area contributed by atoms with Crippen LogP contribution in [0.1, 0.15) is 19.3 Å². The lowest BCUT2D eigenvalue weighted by molar-refractivity contribution is -0.384. The van der Waals surface area contributed by atoms with E-state index in [0.29, 0.717) is 5.92 Å². The molecule has 2 aromatic carbocycles. The van der Waals surface area contributed by atoms with Gasteiger partial charge in [0.25, 0.3) is 5.69 Å². The Morgan fingerprint density at radius 2 is 1.88 bits per heavy atom. The Morgan fingerprint density at radius 3 is 2.59 bits per heavy atom. The molecule has 0 spiro atoms. The van der Waals surface area contributed by atoms with Crippen molar-refractivity contribution in [1.82, 2.24) is 18.9 Å². The summed E-state index contributed by atoms with van der Waals surface area (Å²) in [5.74, 6) is 1.57. The molecule has 3 heterocycles. The number of non-ortho nitro benzene ring substituents is 1. The molecule has 5 rings (SSSR count). The van der Waals surface area contributed by atoms with Gasteiger partial charge in [-0.15, -0.1) is 0 Å². The molecule has 1 N–H and O–H groups in total. The zero-order valence-electron chi connectivity index (χ0n) is 19.2. The van der Waals surface area contributed by atoms with Gasteiger partial charge in [0.2, 0.25) is 0 Å². The van der Waals surface area contributed by atoms with E-state index in [0.717, 1.165) is 66.9 Å². The van der Waals surface area contributed by atoms with E-state index in [9.17, 15) is 15.1 Å². The number of piperidine rings is 1. The minimum Gasteiger partial charge on any atom is -0.437 e. The first-order valence-corrected chi connectivity index (χ1v) is 11.8. The molecule has 8 nitrogen and oxygen atoms in total. The van der Waals surface area contributed by atoms with Crippen LogP contribution in [-0.2, 0) is 6.54 Å². The minimum absolute atomic E-state index is 0.0789. The molecule has 1 saturated heterocycles. The molecule has 0 atom stereocenters. The van der Waals surface area contributed by atoms with E-state index in [1.165, 1.54) is 12.1 Å². The Hall–Kier alpha value is -3.43. The molecule has 2 aromatic heterocycles. The van der Waals surface area contributed by atoms with Gasteiger partial charge in [-0.25, -0.2) is 4.98 Å². The van der Waals surface area contributed by atoms with E-state index >= 15 is 0 Å². The highest BCUT2D eigenvalue weighted by molar-refractivity contribution is 6.45. The Balaban J connectivity index is 1.41. The molecule has 0 bridgehead atoms. The highest BCUT2D eigenvalue weighted by atomic mass is 16.6. The first-order chi connectivity index (χ1) is 16.5. The zero-order valence-corrected chi connectivity index (χ0v) is 19.2. The maximum atomic E-state index is 11.1. The molecule has 0 amide bonds. The molecule has 1 aliphatic rings. The van der Waals surface area contributed by atoms with Crippen LogP contribution in [0.3, 0.4) is 0 Å². The van der Waals surface area contributed by atoms with Crippen molar-refractivity contribution < 1.29 is 9.95 Å². The monoisotopic (exact) mass is 457 g/mol. The first kappa shape index (κ1) is 22.4. The summed E-state index contributed by atoms with van der Waals surface area (Å²) in [5, 5.41) is 21.9. The average Bonchev–Trinajstić information content (AvgIpc) is 3.47. The number of hydrogen-bond acceptors (Lipinski definition) is 5. The summed E-state index contributed by atoms with van der Waals surface area (Å²) in [6.07, 6.45) is 9.26. The smallest absolute Gasteiger partial charge is 0.376 e. The van der Waals surface area contributed by atoms with Crippen LogP contribution in [0.5, 0.6) is 0 Å². The molecular weight excluding hydrogens is 429 g/mol. The van der Waals surface area contributed by atoms with Crippen molar-refractivity contribution >= 4 is 23.6 Å². The average molecular weight is 457 g/mol. The number of para-hydroxylation sites is 1. The third kappa shape index (κ3) is 4.36. The second kappa shape index (κ2) is 9.44. The van der Waals surface area contributed by atoms with Crippen LogP contribution in [0.4, 0.5) is 5.69 Å². The lowest BCUT2D eigenvalue weighted by Crippen LogP contribution is -2.43. The molecule has 9 heteroatoms. The van der Waals surface area contributed by atoms with Crippen molar-refractivity contribution in [2.24, 2.45) is 5.92 Å². The number of imidazole rings is 1. The topological polar surface area (TPSA) is 89.4 Å². The number of nitro benzene ring substituents is 1. The molecule has 34 heavy (non-hydrogen) atoms. The number of nitrogens with zero attached hydrogens (tertiary/aromatic N) is 5. The molecule has 0 saturated carbocycles. The van der Waals surface area contributed by atoms with Gasteiger partial charge in [0.05, 0.1) is 10.4 Å². The number of aryl methyl sites for hydroxylation is 1. The van der Waals surface area contributed by atoms with E-state index in [1.54, 1.807) is 12.1 Å². The number of aromatic nitrogens is 3. The van der Waals surface area contributed by atoms with E-state index in [2.05, 4.69) is 32.3 Å². The molecule has 0 unspecified atom stereocenters. The fraction of sp³-hybridized carbons (Fsp3) is 0.320. The van der Waals surface area contributed by atoms with E-state index in [1.807, 2.05) is 31.3 Å². The fourth-order valence-electron chi connectivity index (χ4n) is 4.98. The van der Waals surface area contributed by atoms with E-state index in [4.69, 9.17) is 4.98 Å². The van der Waals surface area contributed by atoms with E-state index < -0.39 is 0 Å². The van der Waals surface area contributed by atoms with Gasteiger partial charge in [-0.05, 0) is 63.3 Å². The quantitative estimate of drug-likeness (QED) is 0.249. The Morgan fingerprint density at radius 1 is 1.15 bits per heavy atom. The molecular formula is C25H28BN5O3. The van der Waals surface area contributed by atoms with Gasteiger partial charge in [0.1, 0.15) is 5.82 Å². The van der Waals surface area contributed by atoms with Gasteiger partial charge in [-0.3, -0.25) is 10.1 Å². The second-order valence-corrected chi connectivity index (χ2v) is 9.05. The van der Waals surface area contributed by atoms with Crippen molar-refractivity contribution in [1.29, 1.82) is 0 Å². The van der Waals surface area contributed by atoms with Crippen molar-refractivity contribution in [2.75, 3.05) is 13.1 Å². The summed E-state index contributed by atoms with van der Waals surface area (Å²) < 4.78 is 4.29. The van der Waals surface area contributed by atoms with Gasteiger partial charge in [0, 0.05) is 53.9 Å². The molecule has 0 aliphatic carbocycles. The summed E-state index contributed by atoms with van der Waals surface area (Å²) in [6.45, 7) is 4.63. The number of benzene rings is 2. The lowest BCUT2D eigenvalue weighted by Gasteiger charge is -2.32. The second-order valence-electron chi connectivity index (χ2n) is 9.05. The standard InChI is InChI=1S/C25H28BN5O3/c1-26(32)29-15-11-19(12-16-29)10-14-28-17-13-27-25(28)23-18-30(24-5-3-2-4-22(23)24)20-6-8-21(9-7-20)31(33)34/h2-9,13,17-19,32H,10-12,14-16H2,1H3. The van der Waals surface area contributed by atoms with Crippen LogP contribution in [0.15, 0.2) is 67.1 Å². The maximum absolute atomic E-state index is 11.1. The largest absolute Gasteiger partial charge is 0.437 e. The van der Waals surface area contributed by atoms with Gasteiger partial charge < -0.3 is 19.0 Å². The highest BCUT2D eigenvalue weighted by Gasteiger charge is 2.24. The molecule has 1 fully saturated rings. The third-order valence-corrected chi connectivity index (χ3v) is 6.96. The summed E-state index contributed by atoms with van der Waals surface area (Å²) in [7, 11) is -0.366. The van der Waals surface area contributed by atoms with Crippen LogP contribution in [0.25, 0.3) is 28.0 Å². The summed E-state index contributed by atoms with van der Waals surface area (Å²) in [5.41, 5.74) is 3.03. The van der Waals surface area contributed by atoms with Crippen LogP contribution in [0.2, 0.25) is 6.82 Å². The van der Waals surface area contributed by atoms with Crippen molar-refractivity contribution in [3.63, 3.8) is 0 Å². The van der Waals surface area contributed by atoms with Crippen LogP contribution in [-0.4, -0.2) is 49.0 Å². The van der Waals surface area contributed by atoms with Crippen LogP contribution < -0.4 is 0 Å². The first-order valence-electron chi connectivity index (χ1n) is 11.8. The summed E-state index contributed by atoms with van der Waals surface area (Å²) >= 11 is 0. The van der Waals surface area contributed by atoms with Gasteiger partial charge in [-0.2, -0.15) is 0 Å². The predicted octanol–water partition coefficient (Wildman–Crippen LogP) is 4.61. The summed E-state index contributed by atoms with van der Waals surface area (Å²) in [4.78, 5) is 17.5. The van der Waals surface area contributed by atoms with Crippen molar-refractivity contribution in [3.8, 4) is 17.1 Å². The van der Waals surface area contributed by atoms with Crippen molar-refractivity contribution in [3.05, 3.63) is 77.2 Å². The molecule has 4 aromatic rings. The Labute approximate surface area is 198 Å². The Bertz CT molecular complexity index is 1290. The maximum Gasteiger partial charge on any atom is 0.376 e. The van der Waals surface area contributed by atoms with Gasteiger partial charge in [-0.1, -0.05) is 18.2 Å². The number of fused-ring (bicyclic) bond motifs is 1. The molecule has 0 radical (unpaired) electrons. The number of hydrogen-bond donors (Lipinski definition) is 1. The predicted molar refractivity (Wildman–Crippen MR) is 134 cm³/mol.